The van der Waals surface area contributed by atoms with Crippen molar-refractivity contribution < 1.29 is 33.3 Å². The molecule has 3 fully saturated rings. The lowest BCUT2D eigenvalue weighted by Crippen LogP contribution is -2.62. The average Bonchev–Trinajstić information content (AvgIpc) is 2.94. The van der Waals surface area contributed by atoms with Gasteiger partial charge < -0.3 is 29.0 Å². The normalized spacial score (nSPS) is 38.0. The Hall–Kier alpha value is -0.710. The molecule has 0 spiro atoms. The molecule has 3 heterocycles. The summed E-state index contributed by atoms with van der Waals surface area (Å²) in [6.45, 7) is 9.07. The molecule has 1 N–H and O–H groups in total. The molecule has 3 saturated heterocycles. The summed E-state index contributed by atoms with van der Waals surface area (Å²) in [5, 5.41) is 2.66. The lowest BCUT2D eigenvalue weighted by Gasteiger charge is -2.40. The van der Waals surface area contributed by atoms with Crippen molar-refractivity contribution in [2.45, 2.75) is 70.3 Å². The van der Waals surface area contributed by atoms with Gasteiger partial charge in [-0.05, 0) is 27.7 Å². The number of rotatable bonds is 4. The smallest absolute Gasteiger partial charge is 0.230 e. The van der Waals surface area contributed by atoms with Crippen LogP contribution in [0.3, 0.4) is 0 Å². The average molecular weight is 375 g/mol. The van der Waals surface area contributed by atoms with Gasteiger partial charge in [-0.25, -0.2) is 0 Å². The first kappa shape index (κ1) is 19.1. The molecule has 3 aliphatic heterocycles. The summed E-state index contributed by atoms with van der Waals surface area (Å²) >= 11 is 0.955. The van der Waals surface area contributed by atoms with Gasteiger partial charge in [-0.3, -0.25) is 9.59 Å². The molecule has 0 aliphatic carbocycles. The van der Waals surface area contributed by atoms with E-state index in [0.717, 1.165) is 11.8 Å². The van der Waals surface area contributed by atoms with E-state index in [1.54, 1.807) is 13.8 Å². The van der Waals surface area contributed by atoms with Gasteiger partial charge in [0.15, 0.2) is 16.7 Å². The Morgan fingerprint density at radius 2 is 1.84 bits per heavy atom. The maximum absolute atomic E-state index is 12.0. The van der Waals surface area contributed by atoms with Crippen molar-refractivity contribution in [3.63, 3.8) is 0 Å². The molecule has 0 aromatic rings. The molecule has 0 radical (unpaired) electrons. The van der Waals surface area contributed by atoms with Crippen LogP contribution in [0.15, 0.2) is 0 Å². The molecule has 0 aromatic carbocycles. The van der Waals surface area contributed by atoms with Gasteiger partial charge in [0, 0.05) is 6.92 Å². The SMILES string of the molecule is CC(=O)SCC(=O)NC[C@@]12OC[C@H]3OC(C)(C)O[C@H]3[C@@H]1OC(C)(C)O2. The minimum atomic E-state index is -1.15. The Balaban J connectivity index is 1.71. The second-order valence-corrected chi connectivity index (χ2v) is 8.51. The maximum atomic E-state index is 12.0. The predicted octanol–water partition coefficient (Wildman–Crippen LogP) is 0.780. The minimum Gasteiger partial charge on any atom is -0.350 e. The molecule has 0 unspecified atom stereocenters. The largest absolute Gasteiger partial charge is 0.350 e. The zero-order valence-corrected chi connectivity index (χ0v) is 15.9. The highest BCUT2D eigenvalue weighted by Gasteiger charge is 2.65. The second-order valence-electron chi connectivity index (χ2n) is 7.36. The summed E-state index contributed by atoms with van der Waals surface area (Å²) in [5.41, 5.74) is 0. The van der Waals surface area contributed by atoms with Crippen molar-refractivity contribution in [3.05, 3.63) is 0 Å². The summed E-state index contributed by atoms with van der Waals surface area (Å²) < 4.78 is 29.9. The molecule has 0 bridgehead atoms. The standard InChI is InChI=1S/C16H25NO7S/c1-9(18)25-7-11(19)17-8-16-13(23-15(4,5)24-16)12-10(6-20-16)21-14(2,3)22-12/h10,12-13H,6-8H2,1-5H3,(H,17,19)/t10-,12-,13+,16+/m1/s1. The fraction of sp³-hybridized carbons (Fsp3) is 0.875. The van der Waals surface area contributed by atoms with E-state index in [1.807, 2.05) is 13.8 Å². The van der Waals surface area contributed by atoms with Crippen molar-refractivity contribution in [1.29, 1.82) is 0 Å². The molecule has 142 valence electrons. The lowest BCUT2D eigenvalue weighted by molar-refractivity contribution is -0.277. The third-order valence-corrected chi connectivity index (χ3v) is 5.03. The third-order valence-electron chi connectivity index (χ3n) is 4.21. The first-order valence-electron chi connectivity index (χ1n) is 8.30. The third kappa shape index (κ3) is 4.01. The number of hydrogen-bond donors (Lipinski definition) is 1. The summed E-state index contributed by atoms with van der Waals surface area (Å²) in [6.07, 6.45) is -1.15. The molecule has 0 saturated carbocycles. The van der Waals surface area contributed by atoms with Crippen LogP contribution in [-0.2, 0) is 33.3 Å². The number of fused-ring (bicyclic) bond motifs is 3. The molecule has 3 aliphatic rings. The summed E-state index contributed by atoms with van der Waals surface area (Å²) in [7, 11) is 0. The molecule has 4 atom stereocenters. The van der Waals surface area contributed by atoms with Gasteiger partial charge in [0.05, 0.1) is 18.9 Å². The van der Waals surface area contributed by atoms with Crippen LogP contribution < -0.4 is 5.32 Å². The summed E-state index contributed by atoms with van der Waals surface area (Å²) in [6, 6.07) is 0. The monoisotopic (exact) mass is 375 g/mol. The van der Waals surface area contributed by atoms with Crippen molar-refractivity contribution in [1.82, 2.24) is 5.32 Å². The van der Waals surface area contributed by atoms with Crippen LogP contribution in [0.1, 0.15) is 34.6 Å². The van der Waals surface area contributed by atoms with E-state index in [2.05, 4.69) is 5.32 Å². The minimum absolute atomic E-state index is 0.0546. The molecular formula is C16H25NO7S. The van der Waals surface area contributed by atoms with Crippen LogP contribution in [0, 0.1) is 0 Å². The Morgan fingerprint density at radius 1 is 1.12 bits per heavy atom. The Morgan fingerprint density at radius 3 is 2.52 bits per heavy atom. The Bertz CT molecular complexity index is 567. The molecule has 0 aromatic heterocycles. The first-order valence-corrected chi connectivity index (χ1v) is 9.28. The number of hydrogen-bond acceptors (Lipinski definition) is 8. The Labute approximate surface area is 151 Å². The van der Waals surface area contributed by atoms with Crippen LogP contribution in [0.2, 0.25) is 0 Å². The number of carbonyl (C=O) groups is 2. The molecule has 25 heavy (non-hydrogen) atoms. The number of nitrogens with one attached hydrogen (secondary N) is 1. The van der Waals surface area contributed by atoms with E-state index in [4.69, 9.17) is 23.7 Å². The van der Waals surface area contributed by atoms with Crippen LogP contribution >= 0.6 is 11.8 Å². The van der Waals surface area contributed by atoms with E-state index >= 15 is 0 Å². The topological polar surface area (TPSA) is 92.3 Å². The van der Waals surface area contributed by atoms with Gasteiger partial charge in [0.1, 0.15) is 18.3 Å². The second kappa shape index (κ2) is 6.47. The van der Waals surface area contributed by atoms with Gasteiger partial charge in [-0.2, -0.15) is 0 Å². The van der Waals surface area contributed by atoms with Gasteiger partial charge in [0.2, 0.25) is 11.7 Å². The van der Waals surface area contributed by atoms with Gasteiger partial charge in [-0.15, -0.1) is 0 Å². The zero-order valence-electron chi connectivity index (χ0n) is 15.1. The fourth-order valence-corrected chi connectivity index (χ4v) is 3.86. The van der Waals surface area contributed by atoms with Crippen LogP contribution in [0.25, 0.3) is 0 Å². The molecular weight excluding hydrogens is 350 g/mol. The van der Waals surface area contributed by atoms with E-state index in [9.17, 15) is 9.59 Å². The molecule has 1 amide bonds. The maximum Gasteiger partial charge on any atom is 0.230 e. The van der Waals surface area contributed by atoms with Crippen LogP contribution in [-0.4, -0.2) is 65.6 Å². The summed E-state index contributed by atoms with van der Waals surface area (Å²) in [5.74, 6) is -2.97. The van der Waals surface area contributed by atoms with Gasteiger partial charge in [0.25, 0.3) is 0 Å². The Kier molecular flexibility index (Phi) is 4.93. The number of carbonyl (C=O) groups excluding carboxylic acids is 2. The van der Waals surface area contributed by atoms with Crippen molar-refractivity contribution in [3.8, 4) is 0 Å². The van der Waals surface area contributed by atoms with Gasteiger partial charge >= 0.3 is 0 Å². The fourth-order valence-electron chi connectivity index (χ4n) is 3.42. The van der Waals surface area contributed by atoms with Crippen molar-refractivity contribution in [2.24, 2.45) is 0 Å². The molecule has 8 nitrogen and oxygen atoms in total. The highest BCUT2D eigenvalue weighted by Crippen LogP contribution is 2.47. The molecule has 3 rings (SSSR count). The van der Waals surface area contributed by atoms with Crippen molar-refractivity contribution in [2.75, 3.05) is 18.9 Å². The van der Waals surface area contributed by atoms with Crippen molar-refractivity contribution >= 4 is 22.8 Å². The highest BCUT2D eigenvalue weighted by molar-refractivity contribution is 8.14. The summed E-state index contributed by atoms with van der Waals surface area (Å²) in [4.78, 5) is 23.0. The number of thioether (sulfide) groups is 1. The van der Waals surface area contributed by atoms with E-state index < -0.39 is 23.5 Å². The lowest BCUT2D eigenvalue weighted by atomic mass is 9.97. The van der Waals surface area contributed by atoms with Gasteiger partial charge in [-0.1, -0.05) is 11.8 Å². The first-order chi connectivity index (χ1) is 11.5. The van der Waals surface area contributed by atoms with E-state index in [-0.39, 0.29) is 42.1 Å². The van der Waals surface area contributed by atoms with Crippen LogP contribution in [0.4, 0.5) is 0 Å². The number of ether oxygens (including phenoxy) is 5. The quantitative estimate of drug-likeness (QED) is 0.771. The molecule has 9 heteroatoms. The predicted molar refractivity (Wildman–Crippen MR) is 88.7 cm³/mol. The van der Waals surface area contributed by atoms with E-state index in [1.165, 1.54) is 6.92 Å². The zero-order chi connectivity index (χ0) is 18.5. The van der Waals surface area contributed by atoms with E-state index in [0.29, 0.717) is 0 Å². The number of amides is 1. The van der Waals surface area contributed by atoms with Crippen LogP contribution in [0.5, 0.6) is 0 Å². The highest BCUT2D eigenvalue weighted by atomic mass is 32.2.